The Morgan fingerprint density at radius 3 is 2.59 bits per heavy atom. The van der Waals surface area contributed by atoms with Gasteiger partial charge in [-0.1, -0.05) is 44.2 Å². The Bertz CT molecular complexity index is 1070. The SMILES string of the molecule is CC(C)c1cc(NC(=O)c2sc(-c3ccccc3)cc2OCC(=O)N2CCCCC2)n[nH]1. The number of piperidine rings is 1. The molecule has 7 nitrogen and oxygen atoms in total. The van der Waals surface area contributed by atoms with Crippen LogP contribution in [0.1, 0.15) is 54.4 Å². The molecule has 1 aliphatic heterocycles. The van der Waals surface area contributed by atoms with Crippen molar-refractivity contribution in [2.75, 3.05) is 25.0 Å². The van der Waals surface area contributed by atoms with E-state index in [0.717, 1.165) is 48.5 Å². The molecular formula is C24H28N4O3S. The van der Waals surface area contributed by atoms with Crippen molar-refractivity contribution < 1.29 is 14.3 Å². The highest BCUT2D eigenvalue weighted by molar-refractivity contribution is 7.17. The second kappa shape index (κ2) is 9.99. The molecule has 0 atom stereocenters. The molecule has 2 aromatic heterocycles. The molecule has 0 saturated carbocycles. The number of rotatable bonds is 7. The van der Waals surface area contributed by atoms with Gasteiger partial charge in [-0.15, -0.1) is 11.3 Å². The zero-order valence-electron chi connectivity index (χ0n) is 18.4. The highest BCUT2D eigenvalue weighted by Gasteiger charge is 2.22. The van der Waals surface area contributed by atoms with E-state index in [1.54, 1.807) is 0 Å². The predicted octanol–water partition coefficient (Wildman–Crippen LogP) is 4.91. The second-order valence-electron chi connectivity index (χ2n) is 8.22. The third-order valence-electron chi connectivity index (χ3n) is 5.48. The van der Waals surface area contributed by atoms with Crippen molar-refractivity contribution in [3.63, 3.8) is 0 Å². The fourth-order valence-electron chi connectivity index (χ4n) is 3.63. The second-order valence-corrected chi connectivity index (χ2v) is 9.27. The maximum absolute atomic E-state index is 13.1. The largest absolute Gasteiger partial charge is 0.482 e. The van der Waals surface area contributed by atoms with Crippen LogP contribution < -0.4 is 10.1 Å². The van der Waals surface area contributed by atoms with Crippen LogP contribution in [0.15, 0.2) is 42.5 Å². The van der Waals surface area contributed by atoms with Crippen LogP contribution in [0.5, 0.6) is 5.75 Å². The summed E-state index contributed by atoms with van der Waals surface area (Å²) in [5.41, 5.74) is 1.94. The van der Waals surface area contributed by atoms with Gasteiger partial charge in [0.05, 0.1) is 0 Å². The van der Waals surface area contributed by atoms with Gasteiger partial charge < -0.3 is 15.0 Å². The quantitative estimate of drug-likeness (QED) is 0.533. The van der Waals surface area contributed by atoms with E-state index in [1.807, 2.05) is 47.4 Å². The normalized spacial score (nSPS) is 13.9. The Kier molecular flexibility index (Phi) is 6.90. The van der Waals surface area contributed by atoms with Crippen molar-refractivity contribution in [2.45, 2.75) is 39.0 Å². The number of carbonyl (C=O) groups excluding carboxylic acids is 2. The van der Waals surface area contributed by atoms with Crippen molar-refractivity contribution in [2.24, 2.45) is 0 Å². The van der Waals surface area contributed by atoms with E-state index in [0.29, 0.717) is 16.4 Å². The molecule has 4 rings (SSSR count). The van der Waals surface area contributed by atoms with Gasteiger partial charge in [-0.2, -0.15) is 5.10 Å². The Morgan fingerprint density at radius 2 is 1.91 bits per heavy atom. The predicted molar refractivity (Wildman–Crippen MR) is 126 cm³/mol. The number of H-pyrrole nitrogens is 1. The van der Waals surface area contributed by atoms with E-state index in [4.69, 9.17) is 4.74 Å². The standard InChI is InChI=1S/C24H28N4O3S/c1-16(2)18-13-21(27-26-18)25-24(30)23-19(14-20(32-23)17-9-5-3-6-10-17)31-15-22(29)28-11-7-4-8-12-28/h3,5-6,9-10,13-14,16H,4,7-8,11-12,15H2,1-2H3,(H2,25,26,27,30). The first kappa shape index (κ1) is 22.1. The van der Waals surface area contributed by atoms with Crippen molar-refractivity contribution in [3.05, 3.63) is 53.0 Å². The molecule has 2 N–H and O–H groups in total. The summed E-state index contributed by atoms with van der Waals surface area (Å²) in [6.45, 7) is 5.56. The Labute approximate surface area is 191 Å². The maximum Gasteiger partial charge on any atom is 0.270 e. The molecule has 8 heteroatoms. The van der Waals surface area contributed by atoms with E-state index in [9.17, 15) is 9.59 Å². The number of likely N-dealkylation sites (tertiary alicyclic amines) is 1. The summed E-state index contributed by atoms with van der Waals surface area (Å²) < 4.78 is 5.89. The number of hydrogen-bond donors (Lipinski definition) is 2. The first-order valence-corrected chi connectivity index (χ1v) is 11.8. The average molecular weight is 453 g/mol. The minimum atomic E-state index is -0.306. The number of amides is 2. The summed E-state index contributed by atoms with van der Waals surface area (Å²) in [4.78, 5) is 28.8. The molecule has 3 aromatic rings. The third kappa shape index (κ3) is 5.19. The first-order valence-electron chi connectivity index (χ1n) is 11.0. The van der Waals surface area contributed by atoms with Gasteiger partial charge in [-0.25, -0.2) is 0 Å². The number of carbonyl (C=O) groups is 2. The molecule has 0 unspecified atom stereocenters. The zero-order valence-corrected chi connectivity index (χ0v) is 19.2. The lowest BCUT2D eigenvalue weighted by molar-refractivity contribution is -0.134. The smallest absolute Gasteiger partial charge is 0.270 e. The monoisotopic (exact) mass is 452 g/mol. The molecule has 1 saturated heterocycles. The number of anilines is 1. The van der Waals surface area contributed by atoms with Crippen LogP contribution in [0, 0.1) is 0 Å². The summed E-state index contributed by atoms with van der Waals surface area (Å²) in [5.74, 6) is 0.802. The molecule has 0 spiro atoms. The summed E-state index contributed by atoms with van der Waals surface area (Å²) >= 11 is 1.34. The number of aromatic nitrogens is 2. The van der Waals surface area contributed by atoms with Crippen molar-refractivity contribution in [1.29, 1.82) is 0 Å². The molecule has 0 aliphatic carbocycles. The molecule has 2 amide bonds. The Morgan fingerprint density at radius 1 is 1.16 bits per heavy atom. The summed E-state index contributed by atoms with van der Waals surface area (Å²) in [7, 11) is 0. The van der Waals surface area contributed by atoms with E-state index >= 15 is 0 Å². The maximum atomic E-state index is 13.1. The summed E-state index contributed by atoms with van der Waals surface area (Å²) in [5, 5.41) is 9.96. The summed E-state index contributed by atoms with van der Waals surface area (Å²) in [6.07, 6.45) is 3.21. The molecule has 1 aliphatic rings. The van der Waals surface area contributed by atoms with Gasteiger partial charge in [0.25, 0.3) is 11.8 Å². The van der Waals surface area contributed by atoms with Gasteiger partial charge in [-0.3, -0.25) is 14.7 Å². The molecule has 1 fully saturated rings. The minimum absolute atomic E-state index is 0.0441. The van der Waals surface area contributed by atoms with Gasteiger partial charge in [-0.05, 0) is 36.8 Å². The van der Waals surface area contributed by atoms with Crippen molar-refractivity contribution in [3.8, 4) is 16.2 Å². The lowest BCUT2D eigenvalue weighted by Crippen LogP contribution is -2.38. The molecular weight excluding hydrogens is 424 g/mol. The van der Waals surface area contributed by atoms with Gasteiger partial charge >= 0.3 is 0 Å². The van der Waals surface area contributed by atoms with Crippen molar-refractivity contribution >= 4 is 29.0 Å². The topological polar surface area (TPSA) is 87.3 Å². The zero-order chi connectivity index (χ0) is 22.5. The van der Waals surface area contributed by atoms with Gasteiger partial charge in [0.1, 0.15) is 10.6 Å². The van der Waals surface area contributed by atoms with Crippen LogP contribution >= 0.6 is 11.3 Å². The van der Waals surface area contributed by atoms with E-state index in [1.165, 1.54) is 11.3 Å². The lowest BCUT2D eigenvalue weighted by atomic mass is 10.1. The summed E-state index contributed by atoms with van der Waals surface area (Å²) in [6, 6.07) is 13.5. The number of benzene rings is 1. The number of ether oxygens (including phenoxy) is 1. The number of aromatic amines is 1. The molecule has 0 bridgehead atoms. The van der Waals surface area contributed by atoms with Crippen molar-refractivity contribution in [1.82, 2.24) is 15.1 Å². The first-order chi connectivity index (χ1) is 15.5. The number of thiophene rings is 1. The number of nitrogens with one attached hydrogen (secondary N) is 2. The van der Waals surface area contributed by atoms with Gasteiger partial charge in [0, 0.05) is 29.7 Å². The van der Waals surface area contributed by atoms with E-state index in [-0.39, 0.29) is 24.3 Å². The van der Waals surface area contributed by atoms with Crippen LogP contribution in [0.2, 0.25) is 0 Å². The molecule has 3 heterocycles. The minimum Gasteiger partial charge on any atom is -0.482 e. The Balaban J connectivity index is 1.54. The Hall–Kier alpha value is -3.13. The number of nitrogens with zero attached hydrogens (tertiary/aromatic N) is 2. The van der Waals surface area contributed by atoms with Crippen LogP contribution in [0.4, 0.5) is 5.82 Å². The fourth-order valence-corrected chi connectivity index (χ4v) is 4.63. The van der Waals surface area contributed by atoms with Gasteiger partial charge in [0.2, 0.25) is 0 Å². The highest BCUT2D eigenvalue weighted by Crippen LogP contribution is 2.37. The van der Waals surface area contributed by atoms with E-state index in [2.05, 4.69) is 29.4 Å². The van der Waals surface area contributed by atoms with Crippen LogP contribution in [-0.4, -0.2) is 46.6 Å². The third-order valence-corrected chi connectivity index (χ3v) is 6.65. The molecule has 168 valence electrons. The fraction of sp³-hybridized carbons (Fsp3) is 0.375. The molecule has 1 aromatic carbocycles. The molecule has 32 heavy (non-hydrogen) atoms. The van der Waals surface area contributed by atoms with Crippen LogP contribution in [0.25, 0.3) is 10.4 Å². The van der Waals surface area contributed by atoms with E-state index < -0.39 is 0 Å². The average Bonchev–Trinajstić information content (AvgIpc) is 3.46. The highest BCUT2D eigenvalue weighted by atomic mass is 32.1. The lowest BCUT2D eigenvalue weighted by Gasteiger charge is -2.26. The van der Waals surface area contributed by atoms with Gasteiger partial charge in [0.15, 0.2) is 12.4 Å². The van der Waals surface area contributed by atoms with Crippen LogP contribution in [0.3, 0.4) is 0 Å². The number of hydrogen-bond acceptors (Lipinski definition) is 5. The van der Waals surface area contributed by atoms with Crippen LogP contribution in [-0.2, 0) is 4.79 Å². The molecule has 0 radical (unpaired) electrons.